The number of hydrogen-bond donors (Lipinski definition) is 1. The van der Waals surface area contributed by atoms with Gasteiger partial charge in [-0.25, -0.2) is 0 Å². The van der Waals surface area contributed by atoms with Crippen molar-refractivity contribution in [3.05, 3.63) is 56.1 Å². The van der Waals surface area contributed by atoms with E-state index >= 15 is 0 Å². The first-order valence-corrected chi connectivity index (χ1v) is 8.79. The summed E-state index contributed by atoms with van der Waals surface area (Å²) in [7, 11) is 1.49. The van der Waals surface area contributed by atoms with Crippen LogP contribution < -0.4 is 10.1 Å². The van der Waals surface area contributed by atoms with Gasteiger partial charge in [-0.1, -0.05) is 11.6 Å². The van der Waals surface area contributed by atoms with Gasteiger partial charge in [0.25, 0.3) is 0 Å². The Hall–Kier alpha value is -1.60. The summed E-state index contributed by atoms with van der Waals surface area (Å²) in [6.45, 7) is 1.93. The zero-order valence-electron chi connectivity index (χ0n) is 13.4. The Morgan fingerprint density at radius 3 is 2.58 bits per heavy atom. The molecule has 0 atom stereocenters. The Kier molecular flexibility index (Phi) is 6.62. The van der Waals surface area contributed by atoms with Gasteiger partial charge in [0, 0.05) is 27.1 Å². The van der Waals surface area contributed by atoms with Crippen molar-refractivity contribution in [2.45, 2.75) is 19.8 Å². The van der Waals surface area contributed by atoms with Crippen LogP contribution in [0, 0.1) is 10.5 Å². The highest BCUT2D eigenvalue weighted by Gasteiger charge is 2.15. The molecule has 0 bridgehead atoms. The van der Waals surface area contributed by atoms with Crippen LogP contribution in [0.15, 0.2) is 36.4 Å². The number of Topliss-reactive ketones (excluding diaryl/α,β-unsaturated/α-hetero) is 1. The fourth-order valence-corrected chi connectivity index (χ4v) is 3.06. The number of rotatable bonds is 6. The number of methoxy groups -OCH3 is 1. The molecule has 0 aliphatic rings. The van der Waals surface area contributed by atoms with Crippen LogP contribution in [0.4, 0.5) is 5.69 Å². The van der Waals surface area contributed by atoms with Gasteiger partial charge in [0.1, 0.15) is 5.75 Å². The van der Waals surface area contributed by atoms with Gasteiger partial charge >= 0.3 is 0 Å². The molecule has 1 N–H and O–H groups in total. The van der Waals surface area contributed by atoms with Crippen LogP contribution >= 0.6 is 34.2 Å². The number of ketones is 1. The molecule has 2 aromatic rings. The lowest BCUT2D eigenvalue weighted by Gasteiger charge is -2.10. The number of benzene rings is 2. The fraction of sp³-hybridized carbons (Fsp3) is 0.222. The smallest absolute Gasteiger partial charge is 0.224 e. The number of anilines is 1. The standard InChI is InChI=1S/C18H17ClINO3/c1-11-9-13(20)4-5-15(11)21-18(23)8-6-16(22)14-10-12(19)3-7-17(14)24-2/h3-5,7,9-10H,6,8H2,1-2H3,(H,21,23). The minimum absolute atomic E-state index is 0.0892. The normalized spacial score (nSPS) is 10.3. The van der Waals surface area contributed by atoms with Crippen molar-refractivity contribution in [2.75, 3.05) is 12.4 Å². The van der Waals surface area contributed by atoms with Gasteiger partial charge in [-0.2, -0.15) is 0 Å². The number of aryl methyl sites for hydroxylation is 1. The third-order valence-electron chi connectivity index (χ3n) is 3.50. The Labute approximate surface area is 159 Å². The number of ether oxygens (including phenoxy) is 1. The average molecular weight is 458 g/mol. The molecule has 1 amide bonds. The average Bonchev–Trinajstić information content (AvgIpc) is 2.55. The third kappa shape index (κ3) is 4.95. The molecule has 2 aromatic carbocycles. The summed E-state index contributed by atoms with van der Waals surface area (Å²) in [6, 6.07) is 10.6. The summed E-state index contributed by atoms with van der Waals surface area (Å²) < 4.78 is 6.27. The van der Waals surface area contributed by atoms with E-state index in [9.17, 15) is 9.59 Å². The Morgan fingerprint density at radius 2 is 1.92 bits per heavy atom. The van der Waals surface area contributed by atoms with Crippen molar-refractivity contribution in [2.24, 2.45) is 0 Å². The van der Waals surface area contributed by atoms with E-state index in [-0.39, 0.29) is 24.5 Å². The molecule has 0 saturated carbocycles. The van der Waals surface area contributed by atoms with Gasteiger partial charge in [0.2, 0.25) is 5.91 Å². The largest absolute Gasteiger partial charge is 0.496 e. The number of amides is 1. The van der Waals surface area contributed by atoms with Crippen LogP contribution in [0.3, 0.4) is 0 Å². The van der Waals surface area contributed by atoms with Crippen molar-refractivity contribution >= 4 is 51.6 Å². The second kappa shape index (κ2) is 8.48. The zero-order valence-corrected chi connectivity index (χ0v) is 16.3. The molecule has 0 unspecified atom stereocenters. The predicted molar refractivity (Wildman–Crippen MR) is 104 cm³/mol. The lowest BCUT2D eigenvalue weighted by atomic mass is 10.1. The van der Waals surface area contributed by atoms with Crippen molar-refractivity contribution in [3.63, 3.8) is 0 Å². The van der Waals surface area contributed by atoms with Gasteiger partial charge in [0.05, 0.1) is 12.7 Å². The summed E-state index contributed by atoms with van der Waals surface area (Å²) in [4.78, 5) is 24.4. The molecular formula is C18H17ClINO3. The van der Waals surface area contributed by atoms with E-state index in [0.29, 0.717) is 16.3 Å². The second-order valence-corrected chi connectivity index (χ2v) is 6.96. The maximum Gasteiger partial charge on any atom is 0.224 e. The fourth-order valence-electron chi connectivity index (χ4n) is 2.24. The maximum absolute atomic E-state index is 12.3. The van der Waals surface area contributed by atoms with Gasteiger partial charge < -0.3 is 10.1 Å². The van der Waals surface area contributed by atoms with Crippen LogP contribution in [0.5, 0.6) is 5.75 Å². The SMILES string of the molecule is COc1ccc(Cl)cc1C(=O)CCC(=O)Nc1ccc(I)cc1C. The number of carbonyl (C=O) groups excluding carboxylic acids is 2. The Bertz CT molecular complexity index is 777. The molecule has 24 heavy (non-hydrogen) atoms. The van der Waals surface area contributed by atoms with Crippen LogP contribution in [-0.2, 0) is 4.79 Å². The number of halogens is 2. The van der Waals surface area contributed by atoms with E-state index in [4.69, 9.17) is 16.3 Å². The van der Waals surface area contributed by atoms with Gasteiger partial charge in [-0.15, -0.1) is 0 Å². The monoisotopic (exact) mass is 457 g/mol. The minimum atomic E-state index is -0.200. The molecule has 126 valence electrons. The van der Waals surface area contributed by atoms with Crippen LogP contribution in [0.1, 0.15) is 28.8 Å². The predicted octanol–water partition coefficient (Wildman–Crippen LogP) is 4.86. The van der Waals surface area contributed by atoms with Gasteiger partial charge in [-0.3, -0.25) is 9.59 Å². The molecule has 0 heterocycles. The summed E-state index contributed by atoms with van der Waals surface area (Å²) in [6.07, 6.45) is 0.186. The molecule has 0 radical (unpaired) electrons. The quantitative estimate of drug-likeness (QED) is 0.498. The van der Waals surface area contributed by atoms with Crippen molar-refractivity contribution < 1.29 is 14.3 Å². The van der Waals surface area contributed by atoms with E-state index in [1.54, 1.807) is 18.2 Å². The lowest BCUT2D eigenvalue weighted by Crippen LogP contribution is -2.14. The van der Waals surface area contributed by atoms with Crippen molar-refractivity contribution in [1.29, 1.82) is 0 Å². The summed E-state index contributed by atoms with van der Waals surface area (Å²) in [5.41, 5.74) is 2.13. The first kappa shape index (κ1) is 18.7. The molecule has 0 spiro atoms. The molecule has 4 nitrogen and oxygen atoms in total. The number of nitrogens with one attached hydrogen (secondary N) is 1. The first-order valence-electron chi connectivity index (χ1n) is 7.33. The van der Waals surface area contributed by atoms with E-state index in [1.165, 1.54) is 7.11 Å². The zero-order chi connectivity index (χ0) is 17.7. The van der Waals surface area contributed by atoms with Crippen molar-refractivity contribution in [3.8, 4) is 5.75 Å². The molecule has 0 aliphatic carbocycles. The summed E-state index contributed by atoms with van der Waals surface area (Å²) in [5, 5.41) is 3.29. The molecule has 0 aromatic heterocycles. The number of carbonyl (C=O) groups is 2. The van der Waals surface area contributed by atoms with Crippen LogP contribution in [0.25, 0.3) is 0 Å². The van der Waals surface area contributed by atoms with Crippen LogP contribution in [0.2, 0.25) is 5.02 Å². The Balaban J connectivity index is 1.99. The summed E-state index contributed by atoms with van der Waals surface area (Å²) in [5.74, 6) is 0.0794. The highest BCUT2D eigenvalue weighted by molar-refractivity contribution is 14.1. The molecule has 0 saturated heterocycles. The maximum atomic E-state index is 12.3. The third-order valence-corrected chi connectivity index (χ3v) is 4.41. The van der Waals surface area contributed by atoms with Crippen molar-refractivity contribution in [1.82, 2.24) is 0 Å². The van der Waals surface area contributed by atoms with Crippen LogP contribution in [-0.4, -0.2) is 18.8 Å². The highest BCUT2D eigenvalue weighted by atomic mass is 127. The van der Waals surface area contributed by atoms with E-state index in [0.717, 1.165) is 14.8 Å². The molecule has 0 aliphatic heterocycles. The molecule has 2 rings (SSSR count). The molecule has 6 heteroatoms. The molecular weight excluding hydrogens is 441 g/mol. The van der Waals surface area contributed by atoms with E-state index in [1.807, 2.05) is 25.1 Å². The molecule has 0 fully saturated rings. The Morgan fingerprint density at radius 1 is 1.17 bits per heavy atom. The van der Waals surface area contributed by atoms with E-state index < -0.39 is 0 Å². The number of hydrogen-bond acceptors (Lipinski definition) is 3. The highest BCUT2D eigenvalue weighted by Crippen LogP contribution is 2.24. The van der Waals surface area contributed by atoms with Gasteiger partial charge in [0.15, 0.2) is 5.78 Å². The van der Waals surface area contributed by atoms with E-state index in [2.05, 4.69) is 27.9 Å². The summed E-state index contributed by atoms with van der Waals surface area (Å²) >= 11 is 8.15. The minimum Gasteiger partial charge on any atom is -0.496 e. The lowest BCUT2D eigenvalue weighted by molar-refractivity contribution is -0.116. The van der Waals surface area contributed by atoms with Gasteiger partial charge in [-0.05, 0) is 71.5 Å². The topological polar surface area (TPSA) is 55.4 Å². The first-order chi connectivity index (χ1) is 11.4. The second-order valence-electron chi connectivity index (χ2n) is 5.28.